The number of hydrogen-bond donors (Lipinski definition) is 2. The second kappa shape index (κ2) is 7.17. The number of carbonyl (C=O) groups is 1. The van der Waals surface area contributed by atoms with Crippen LogP contribution in [0.25, 0.3) is 0 Å². The van der Waals surface area contributed by atoms with E-state index in [1.807, 2.05) is 13.2 Å². The molecule has 1 aromatic rings. The lowest BCUT2D eigenvalue weighted by atomic mass is 10.0. The number of imidazole rings is 1. The van der Waals surface area contributed by atoms with Crippen molar-refractivity contribution in [3.8, 4) is 0 Å². The summed E-state index contributed by atoms with van der Waals surface area (Å²) in [7, 11) is 1.84. The molecule has 0 fully saturated rings. The summed E-state index contributed by atoms with van der Waals surface area (Å²) in [4.78, 5) is 18.2. The highest BCUT2D eigenvalue weighted by Gasteiger charge is 2.09. The van der Waals surface area contributed by atoms with Gasteiger partial charge in [-0.3, -0.25) is 4.79 Å². The summed E-state index contributed by atoms with van der Waals surface area (Å²) in [6.07, 6.45) is 8.97. The van der Waals surface area contributed by atoms with Gasteiger partial charge in [-0.2, -0.15) is 0 Å². The molecule has 1 rings (SSSR count). The molecule has 2 N–H and O–H groups in total. The Balaban J connectivity index is 2.05. The Labute approximate surface area is 96.9 Å². The van der Waals surface area contributed by atoms with Crippen molar-refractivity contribution < 1.29 is 4.79 Å². The van der Waals surface area contributed by atoms with Crippen molar-refractivity contribution >= 4 is 5.78 Å². The fourth-order valence-electron chi connectivity index (χ4n) is 1.81. The van der Waals surface area contributed by atoms with Crippen molar-refractivity contribution in [3.05, 3.63) is 18.2 Å². The number of rotatable bonds is 8. The van der Waals surface area contributed by atoms with Crippen LogP contribution in [-0.2, 0) is 11.2 Å². The Hall–Kier alpha value is -1.16. The van der Waals surface area contributed by atoms with Crippen molar-refractivity contribution in [1.82, 2.24) is 15.3 Å². The summed E-state index contributed by atoms with van der Waals surface area (Å²) in [6.45, 7) is 1.64. The molecule has 90 valence electrons. The van der Waals surface area contributed by atoms with E-state index in [9.17, 15) is 4.79 Å². The first-order chi connectivity index (χ1) is 7.74. The molecule has 1 unspecified atom stereocenters. The lowest BCUT2D eigenvalue weighted by molar-refractivity contribution is -0.119. The molecule has 1 heterocycles. The molecule has 0 saturated heterocycles. The SMILES string of the molecule is CNC(CCCCCc1cnc[nH]1)C(C)=O. The highest BCUT2D eigenvalue weighted by Crippen LogP contribution is 2.07. The third-order valence-electron chi connectivity index (χ3n) is 2.83. The third-order valence-corrected chi connectivity index (χ3v) is 2.83. The van der Waals surface area contributed by atoms with Crippen LogP contribution < -0.4 is 5.32 Å². The van der Waals surface area contributed by atoms with Gasteiger partial charge >= 0.3 is 0 Å². The van der Waals surface area contributed by atoms with Gasteiger partial charge in [0.1, 0.15) is 5.78 Å². The minimum Gasteiger partial charge on any atom is -0.348 e. The predicted molar refractivity (Wildman–Crippen MR) is 64.3 cm³/mol. The summed E-state index contributed by atoms with van der Waals surface area (Å²) in [6, 6.07) is 0.0344. The van der Waals surface area contributed by atoms with E-state index < -0.39 is 0 Å². The molecule has 0 aromatic carbocycles. The Kier molecular flexibility index (Phi) is 5.78. The first-order valence-electron chi connectivity index (χ1n) is 5.89. The maximum atomic E-state index is 11.1. The molecule has 0 aliphatic heterocycles. The van der Waals surface area contributed by atoms with E-state index in [1.54, 1.807) is 13.3 Å². The number of hydrogen-bond acceptors (Lipinski definition) is 3. The van der Waals surface area contributed by atoms with Crippen LogP contribution in [0.5, 0.6) is 0 Å². The Morgan fingerprint density at radius 3 is 2.88 bits per heavy atom. The minimum absolute atomic E-state index is 0.0344. The number of carbonyl (C=O) groups excluding carboxylic acids is 1. The maximum absolute atomic E-state index is 11.1. The van der Waals surface area contributed by atoms with Gasteiger partial charge in [-0.25, -0.2) is 4.98 Å². The van der Waals surface area contributed by atoms with Crippen molar-refractivity contribution in [1.29, 1.82) is 0 Å². The van der Waals surface area contributed by atoms with E-state index in [0.717, 1.165) is 32.1 Å². The summed E-state index contributed by atoms with van der Waals surface area (Å²) >= 11 is 0. The van der Waals surface area contributed by atoms with Gasteiger partial charge in [0.05, 0.1) is 12.4 Å². The summed E-state index contributed by atoms with van der Waals surface area (Å²) in [5, 5.41) is 3.04. The van der Waals surface area contributed by atoms with E-state index in [4.69, 9.17) is 0 Å². The van der Waals surface area contributed by atoms with Crippen molar-refractivity contribution in [2.45, 2.75) is 45.1 Å². The summed E-state index contributed by atoms with van der Waals surface area (Å²) < 4.78 is 0. The normalized spacial score (nSPS) is 12.6. The first-order valence-corrected chi connectivity index (χ1v) is 5.89. The Morgan fingerprint density at radius 1 is 1.50 bits per heavy atom. The highest BCUT2D eigenvalue weighted by atomic mass is 16.1. The molecule has 0 radical (unpaired) electrons. The second-order valence-electron chi connectivity index (χ2n) is 4.13. The lowest BCUT2D eigenvalue weighted by Crippen LogP contribution is -2.31. The van der Waals surface area contributed by atoms with Crippen LogP contribution in [-0.4, -0.2) is 28.8 Å². The van der Waals surface area contributed by atoms with Gasteiger partial charge in [0, 0.05) is 11.9 Å². The van der Waals surface area contributed by atoms with E-state index in [2.05, 4.69) is 15.3 Å². The van der Waals surface area contributed by atoms with Crippen LogP contribution in [0.1, 0.15) is 38.3 Å². The molecular weight excluding hydrogens is 202 g/mol. The van der Waals surface area contributed by atoms with Gasteiger partial charge in [-0.05, 0) is 33.2 Å². The number of unbranched alkanes of at least 4 members (excludes halogenated alkanes) is 2. The van der Waals surface area contributed by atoms with E-state index in [0.29, 0.717) is 0 Å². The second-order valence-corrected chi connectivity index (χ2v) is 4.13. The monoisotopic (exact) mass is 223 g/mol. The topological polar surface area (TPSA) is 57.8 Å². The van der Waals surface area contributed by atoms with Gasteiger partial charge < -0.3 is 10.3 Å². The zero-order chi connectivity index (χ0) is 11.8. The average Bonchev–Trinajstić information content (AvgIpc) is 2.75. The number of aromatic nitrogens is 2. The highest BCUT2D eigenvalue weighted by molar-refractivity contribution is 5.81. The molecule has 0 saturated carbocycles. The molecule has 1 atom stereocenters. The van der Waals surface area contributed by atoms with Crippen LogP contribution in [0.15, 0.2) is 12.5 Å². The van der Waals surface area contributed by atoms with E-state index in [1.165, 1.54) is 5.69 Å². The van der Waals surface area contributed by atoms with E-state index >= 15 is 0 Å². The Bertz CT molecular complexity index is 295. The maximum Gasteiger partial charge on any atom is 0.146 e. The number of aromatic amines is 1. The van der Waals surface area contributed by atoms with Crippen LogP contribution >= 0.6 is 0 Å². The zero-order valence-electron chi connectivity index (χ0n) is 10.1. The predicted octanol–water partition coefficient (Wildman–Crippen LogP) is 1.69. The summed E-state index contributed by atoms with van der Waals surface area (Å²) in [5.74, 6) is 0.232. The molecule has 4 heteroatoms. The Morgan fingerprint density at radius 2 is 2.31 bits per heavy atom. The molecular formula is C12H21N3O. The van der Waals surface area contributed by atoms with Gasteiger partial charge in [-0.15, -0.1) is 0 Å². The van der Waals surface area contributed by atoms with E-state index in [-0.39, 0.29) is 11.8 Å². The summed E-state index contributed by atoms with van der Waals surface area (Å²) in [5.41, 5.74) is 1.19. The standard InChI is InChI=1S/C12H21N3O/c1-10(16)12(13-2)7-5-3-4-6-11-8-14-9-15-11/h8-9,12-13H,3-7H2,1-2H3,(H,14,15). The molecule has 0 amide bonds. The fraction of sp³-hybridized carbons (Fsp3) is 0.667. The molecule has 16 heavy (non-hydrogen) atoms. The largest absolute Gasteiger partial charge is 0.348 e. The zero-order valence-corrected chi connectivity index (χ0v) is 10.1. The van der Waals surface area contributed by atoms with Crippen LogP contribution in [0.4, 0.5) is 0 Å². The van der Waals surface area contributed by atoms with Gasteiger partial charge in [0.2, 0.25) is 0 Å². The number of aryl methyl sites for hydroxylation is 1. The third kappa shape index (κ3) is 4.57. The fourth-order valence-corrected chi connectivity index (χ4v) is 1.81. The van der Waals surface area contributed by atoms with Crippen LogP contribution in [0.3, 0.4) is 0 Å². The number of H-pyrrole nitrogens is 1. The van der Waals surface area contributed by atoms with Crippen LogP contribution in [0, 0.1) is 0 Å². The van der Waals surface area contributed by atoms with Crippen molar-refractivity contribution in [2.75, 3.05) is 7.05 Å². The minimum atomic E-state index is 0.0344. The van der Waals surface area contributed by atoms with Gasteiger partial charge in [0.15, 0.2) is 0 Å². The number of likely N-dealkylation sites (N-methyl/N-ethyl adjacent to an activating group) is 1. The molecule has 0 aliphatic rings. The quantitative estimate of drug-likeness (QED) is 0.659. The lowest BCUT2D eigenvalue weighted by Gasteiger charge is -2.11. The molecule has 0 bridgehead atoms. The number of ketones is 1. The van der Waals surface area contributed by atoms with Crippen molar-refractivity contribution in [2.24, 2.45) is 0 Å². The van der Waals surface area contributed by atoms with Gasteiger partial charge in [-0.1, -0.05) is 12.8 Å². The van der Waals surface area contributed by atoms with Crippen molar-refractivity contribution in [3.63, 3.8) is 0 Å². The smallest absolute Gasteiger partial charge is 0.146 e. The van der Waals surface area contributed by atoms with Crippen LogP contribution in [0.2, 0.25) is 0 Å². The molecule has 4 nitrogen and oxygen atoms in total. The molecule has 0 spiro atoms. The number of nitrogens with zero attached hydrogens (tertiary/aromatic N) is 1. The molecule has 0 aliphatic carbocycles. The number of nitrogens with one attached hydrogen (secondary N) is 2. The van der Waals surface area contributed by atoms with Gasteiger partial charge in [0.25, 0.3) is 0 Å². The molecule has 1 aromatic heterocycles. The first kappa shape index (κ1) is 12.9. The number of Topliss-reactive ketones (excluding diaryl/α,β-unsaturated/α-hetero) is 1. The average molecular weight is 223 g/mol.